The fraction of sp³-hybridized carbons (Fsp3) is 0.680. The summed E-state index contributed by atoms with van der Waals surface area (Å²) in [5, 5.41) is 3.87. The number of rotatable bonds is 8. The van der Waals surface area contributed by atoms with Gasteiger partial charge in [0.1, 0.15) is 5.52 Å². The maximum atomic E-state index is 6.01. The second-order valence-corrected chi connectivity index (χ2v) is 9.65. The highest BCUT2D eigenvalue weighted by molar-refractivity contribution is 5.91. The number of pyridine rings is 2. The molecule has 1 aliphatic heterocycles. The van der Waals surface area contributed by atoms with Crippen LogP contribution in [0.5, 0.6) is 5.88 Å². The van der Waals surface area contributed by atoms with Crippen LogP contribution in [0.1, 0.15) is 62.3 Å². The lowest BCUT2D eigenvalue weighted by Crippen LogP contribution is -2.24. The second-order valence-electron chi connectivity index (χ2n) is 9.65. The smallest absolute Gasteiger partial charge is 0.219 e. The number of hydrogen-bond donors (Lipinski definition) is 1. The molecule has 3 heterocycles. The highest BCUT2D eigenvalue weighted by Gasteiger charge is 2.27. The first-order valence-corrected chi connectivity index (χ1v) is 12.2. The number of hydrogen-bond acceptors (Lipinski definition) is 6. The van der Waals surface area contributed by atoms with Gasteiger partial charge in [-0.1, -0.05) is 6.92 Å². The summed E-state index contributed by atoms with van der Waals surface area (Å²) in [4.78, 5) is 12.4. The molecule has 6 heteroatoms. The molecule has 2 fully saturated rings. The van der Waals surface area contributed by atoms with Crippen LogP contribution in [0.25, 0.3) is 11.0 Å². The summed E-state index contributed by atoms with van der Waals surface area (Å²) in [5.74, 6) is 1.46. The molecular formula is C25H36N4O2. The molecule has 6 nitrogen and oxygen atoms in total. The minimum atomic E-state index is 0.515. The zero-order valence-corrected chi connectivity index (χ0v) is 19.1. The Labute approximate surface area is 185 Å². The SMILES string of the molecule is COc1nc2c(N[C@@H]3CC[C@H](C)C3)c3c(nc2cc1COCCN1CCCC1)CCC3. The molecule has 0 aromatic carbocycles. The number of fused-ring (bicyclic) bond motifs is 2. The van der Waals surface area contributed by atoms with Crippen molar-refractivity contribution >= 4 is 16.7 Å². The molecule has 0 unspecified atom stereocenters. The molecule has 3 aliphatic rings. The summed E-state index contributed by atoms with van der Waals surface area (Å²) in [6.45, 7) is 7.02. The fourth-order valence-electron chi connectivity index (χ4n) is 5.56. The van der Waals surface area contributed by atoms with Gasteiger partial charge in [0.25, 0.3) is 0 Å². The van der Waals surface area contributed by atoms with Gasteiger partial charge in [0.2, 0.25) is 5.88 Å². The summed E-state index contributed by atoms with van der Waals surface area (Å²) in [7, 11) is 1.70. The second kappa shape index (κ2) is 9.29. The van der Waals surface area contributed by atoms with Crippen molar-refractivity contribution in [3.63, 3.8) is 0 Å². The highest BCUT2D eigenvalue weighted by atomic mass is 16.5. The molecule has 1 N–H and O–H groups in total. The first-order chi connectivity index (χ1) is 15.2. The Morgan fingerprint density at radius 1 is 1.13 bits per heavy atom. The number of aromatic nitrogens is 2. The molecule has 2 atom stereocenters. The summed E-state index contributed by atoms with van der Waals surface area (Å²) >= 11 is 0. The van der Waals surface area contributed by atoms with Crippen LogP contribution in [0, 0.1) is 5.92 Å². The van der Waals surface area contributed by atoms with E-state index in [4.69, 9.17) is 19.4 Å². The Bertz CT molecular complexity index is 926. The van der Waals surface area contributed by atoms with Gasteiger partial charge < -0.3 is 19.7 Å². The lowest BCUT2D eigenvalue weighted by molar-refractivity contribution is 0.0975. The van der Waals surface area contributed by atoms with E-state index < -0.39 is 0 Å². The van der Waals surface area contributed by atoms with Gasteiger partial charge in [0.15, 0.2) is 0 Å². The Morgan fingerprint density at radius 3 is 2.77 bits per heavy atom. The molecule has 168 valence electrons. The van der Waals surface area contributed by atoms with Gasteiger partial charge in [-0.3, -0.25) is 4.98 Å². The van der Waals surface area contributed by atoms with E-state index >= 15 is 0 Å². The first kappa shape index (κ1) is 21.0. The van der Waals surface area contributed by atoms with E-state index in [0.29, 0.717) is 18.5 Å². The maximum Gasteiger partial charge on any atom is 0.219 e. The van der Waals surface area contributed by atoms with Crippen molar-refractivity contribution in [1.29, 1.82) is 0 Å². The van der Waals surface area contributed by atoms with E-state index in [9.17, 15) is 0 Å². The molecular weight excluding hydrogens is 388 g/mol. The van der Waals surface area contributed by atoms with Crippen LogP contribution >= 0.6 is 0 Å². The third-order valence-electron chi connectivity index (χ3n) is 7.27. The molecule has 0 radical (unpaired) electrons. The summed E-state index contributed by atoms with van der Waals surface area (Å²) < 4.78 is 11.7. The Morgan fingerprint density at radius 2 is 2.00 bits per heavy atom. The standard InChI is InChI=1S/C25H36N4O2/c1-17-8-9-19(14-17)26-23-20-6-5-7-21(20)27-22-15-18(25(30-2)28-24(22)23)16-31-13-12-29-10-3-4-11-29/h15,17,19H,3-14,16H2,1-2H3,(H,26,27)/t17-,19+/m0/s1. The number of nitrogens with one attached hydrogen (secondary N) is 1. The fourth-order valence-corrected chi connectivity index (χ4v) is 5.56. The monoisotopic (exact) mass is 424 g/mol. The zero-order valence-electron chi connectivity index (χ0n) is 19.1. The van der Waals surface area contributed by atoms with Crippen LogP contribution in [-0.2, 0) is 24.2 Å². The Balaban J connectivity index is 1.39. The van der Waals surface area contributed by atoms with E-state index in [1.807, 2.05) is 0 Å². The third-order valence-corrected chi connectivity index (χ3v) is 7.27. The van der Waals surface area contributed by atoms with Crippen LogP contribution in [0.4, 0.5) is 5.69 Å². The average molecular weight is 425 g/mol. The minimum absolute atomic E-state index is 0.515. The Hall–Kier alpha value is -1.92. The molecule has 0 spiro atoms. The number of anilines is 1. The van der Waals surface area contributed by atoms with Crippen molar-refractivity contribution in [2.24, 2.45) is 5.92 Å². The van der Waals surface area contributed by atoms with E-state index in [-0.39, 0.29) is 0 Å². The number of ether oxygens (including phenoxy) is 2. The molecule has 2 aliphatic carbocycles. The average Bonchev–Trinajstić information content (AvgIpc) is 3.53. The van der Waals surface area contributed by atoms with Gasteiger partial charge in [-0.25, -0.2) is 4.98 Å². The van der Waals surface area contributed by atoms with Crippen molar-refractivity contribution in [1.82, 2.24) is 14.9 Å². The number of aryl methyl sites for hydroxylation is 1. The molecule has 5 rings (SSSR count). The maximum absolute atomic E-state index is 6.01. The van der Waals surface area contributed by atoms with Crippen molar-refractivity contribution in [3.8, 4) is 5.88 Å². The molecule has 1 saturated heterocycles. The van der Waals surface area contributed by atoms with Crippen molar-refractivity contribution in [3.05, 3.63) is 22.9 Å². The largest absolute Gasteiger partial charge is 0.481 e. The number of nitrogens with zero attached hydrogens (tertiary/aromatic N) is 3. The van der Waals surface area contributed by atoms with Crippen LogP contribution in [0.3, 0.4) is 0 Å². The molecule has 31 heavy (non-hydrogen) atoms. The molecule has 0 amide bonds. The predicted molar refractivity (Wildman–Crippen MR) is 124 cm³/mol. The van der Waals surface area contributed by atoms with Gasteiger partial charge in [-0.05, 0) is 82.0 Å². The topological polar surface area (TPSA) is 59.5 Å². The van der Waals surface area contributed by atoms with Gasteiger partial charge in [-0.15, -0.1) is 0 Å². The van der Waals surface area contributed by atoms with Gasteiger partial charge >= 0.3 is 0 Å². The molecule has 0 bridgehead atoms. The quantitative estimate of drug-likeness (QED) is 0.636. The van der Waals surface area contributed by atoms with E-state index in [0.717, 1.165) is 48.5 Å². The van der Waals surface area contributed by atoms with E-state index in [2.05, 4.69) is 23.2 Å². The lowest BCUT2D eigenvalue weighted by atomic mass is 10.1. The first-order valence-electron chi connectivity index (χ1n) is 12.2. The third kappa shape index (κ3) is 4.51. The number of methoxy groups -OCH3 is 1. The molecule has 2 aromatic heterocycles. The predicted octanol–water partition coefficient (Wildman–Crippen LogP) is 4.34. The molecule has 2 aromatic rings. The van der Waals surface area contributed by atoms with Crippen molar-refractivity contribution < 1.29 is 9.47 Å². The lowest BCUT2D eigenvalue weighted by Gasteiger charge is -2.20. The summed E-state index contributed by atoms with van der Waals surface area (Å²) in [5.41, 5.74) is 6.73. The van der Waals surface area contributed by atoms with Gasteiger partial charge in [0, 0.05) is 23.8 Å². The summed E-state index contributed by atoms with van der Waals surface area (Å²) in [6.07, 6.45) is 9.74. The van der Waals surface area contributed by atoms with E-state index in [1.54, 1.807) is 7.11 Å². The number of likely N-dealkylation sites (tertiary alicyclic amines) is 1. The van der Waals surface area contributed by atoms with Crippen LogP contribution < -0.4 is 10.1 Å². The summed E-state index contributed by atoms with van der Waals surface area (Å²) in [6, 6.07) is 2.67. The minimum Gasteiger partial charge on any atom is -0.481 e. The van der Waals surface area contributed by atoms with Crippen LogP contribution in [-0.4, -0.2) is 54.3 Å². The van der Waals surface area contributed by atoms with Gasteiger partial charge in [0.05, 0.1) is 31.5 Å². The zero-order chi connectivity index (χ0) is 21.2. The Kier molecular flexibility index (Phi) is 6.28. The normalized spacial score (nSPS) is 23.5. The van der Waals surface area contributed by atoms with Crippen molar-refractivity contribution in [2.75, 3.05) is 38.7 Å². The van der Waals surface area contributed by atoms with E-state index in [1.165, 1.54) is 68.6 Å². The molecule has 1 saturated carbocycles. The highest BCUT2D eigenvalue weighted by Crippen LogP contribution is 2.37. The van der Waals surface area contributed by atoms with Crippen molar-refractivity contribution in [2.45, 2.75) is 70.9 Å². The van der Waals surface area contributed by atoms with Crippen LogP contribution in [0.2, 0.25) is 0 Å². The van der Waals surface area contributed by atoms with Crippen LogP contribution in [0.15, 0.2) is 6.07 Å². The van der Waals surface area contributed by atoms with Gasteiger partial charge in [-0.2, -0.15) is 0 Å².